The maximum Gasteiger partial charge on any atom is 0.239 e. The minimum Gasteiger partial charge on any atom is -0.368 e. The van der Waals surface area contributed by atoms with Crippen LogP contribution in [0.4, 0.5) is 17.3 Å². The standard InChI is InChI=1S/C14H20F3N3OS/c1-11(18)14(21)20-7-5-19(6-8-20)13-4-2-3-12(9-13)10-22(15,16)17/h2-4,9,11H,5-8,10,18H2,1H3. The second-order valence-corrected chi connectivity index (χ2v) is 6.71. The Hall–Kier alpha value is -1.41. The second-order valence-electron chi connectivity index (χ2n) is 5.42. The van der Waals surface area contributed by atoms with E-state index in [-0.39, 0.29) is 11.5 Å². The zero-order chi connectivity index (χ0) is 16.3. The van der Waals surface area contributed by atoms with Gasteiger partial charge in [0.1, 0.15) is 0 Å². The predicted molar refractivity (Wildman–Crippen MR) is 83.5 cm³/mol. The summed E-state index contributed by atoms with van der Waals surface area (Å²) in [4.78, 5) is 15.5. The van der Waals surface area contributed by atoms with Crippen LogP contribution in [0.1, 0.15) is 12.5 Å². The molecule has 1 aliphatic heterocycles. The van der Waals surface area contributed by atoms with E-state index >= 15 is 0 Å². The van der Waals surface area contributed by atoms with Crippen molar-refractivity contribution in [3.8, 4) is 0 Å². The number of carbonyl (C=O) groups is 1. The molecule has 1 heterocycles. The predicted octanol–water partition coefficient (Wildman–Crippen LogP) is 2.64. The van der Waals surface area contributed by atoms with Crippen molar-refractivity contribution in [2.75, 3.05) is 31.1 Å². The fourth-order valence-corrected chi connectivity index (χ4v) is 3.06. The smallest absolute Gasteiger partial charge is 0.239 e. The number of benzene rings is 1. The van der Waals surface area contributed by atoms with Crippen molar-refractivity contribution in [3.05, 3.63) is 29.8 Å². The Morgan fingerprint density at radius 1 is 1.27 bits per heavy atom. The van der Waals surface area contributed by atoms with Gasteiger partial charge in [-0.15, -0.1) is 11.7 Å². The molecule has 1 saturated heterocycles. The third-order valence-electron chi connectivity index (χ3n) is 3.59. The molecule has 0 bridgehead atoms. The van der Waals surface area contributed by atoms with Gasteiger partial charge in [0.05, 0.1) is 11.8 Å². The third-order valence-corrected chi connectivity index (χ3v) is 4.25. The maximum absolute atomic E-state index is 12.5. The van der Waals surface area contributed by atoms with Crippen molar-refractivity contribution in [2.45, 2.75) is 18.7 Å². The van der Waals surface area contributed by atoms with Crippen LogP contribution in [-0.2, 0) is 10.5 Å². The monoisotopic (exact) mass is 335 g/mol. The summed E-state index contributed by atoms with van der Waals surface area (Å²) in [5.41, 5.74) is 6.64. The highest BCUT2D eigenvalue weighted by atomic mass is 32.3. The minimum atomic E-state index is -5.04. The van der Waals surface area contributed by atoms with Crippen LogP contribution >= 0.6 is 11.2 Å². The zero-order valence-electron chi connectivity index (χ0n) is 12.3. The van der Waals surface area contributed by atoms with Gasteiger partial charge in [-0.1, -0.05) is 12.1 Å². The Balaban J connectivity index is 1.99. The third kappa shape index (κ3) is 4.54. The molecule has 1 unspecified atom stereocenters. The van der Waals surface area contributed by atoms with Crippen molar-refractivity contribution >= 4 is 22.8 Å². The van der Waals surface area contributed by atoms with Crippen LogP contribution in [0.25, 0.3) is 0 Å². The van der Waals surface area contributed by atoms with Crippen LogP contribution in [0.2, 0.25) is 0 Å². The Morgan fingerprint density at radius 3 is 2.45 bits per heavy atom. The van der Waals surface area contributed by atoms with Gasteiger partial charge in [-0.3, -0.25) is 4.79 Å². The van der Waals surface area contributed by atoms with Gasteiger partial charge in [0.15, 0.2) is 0 Å². The first-order chi connectivity index (χ1) is 10.3. The normalized spacial score (nSPS) is 18.2. The quantitative estimate of drug-likeness (QED) is 0.920. The summed E-state index contributed by atoms with van der Waals surface area (Å²) in [6.07, 6.45) is 0. The molecular formula is C14H20F3N3OS. The summed E-state index contributed by atoms with van der Waals surface area (Å²) in [7, 11) is 0. The number of anilines is 1. The summed E-state index contributed by atoms with van der Waals surface area (Å²) in [6.45, 7) is 3.92. The van der Waals surface area contributed by atoms with Crippen LogP contribution in [0, 0.1) is 0 Å². The molecule has 0 spiro atoms. The molecule has 2 rings (SSSR count). The number of hydrogen-bond donors (Lipinski definition) is 1. The van der Waals surface area contributed by atoms with Crippen molar-refractivity contribution in [2.24, 2.45) is 5.73 Å². The molecular weight excluding hydrogens is 315 g/mol. The first-order valence-electron chi connectivity index (χ1n) is 7.04. The first-order valence-corrected chi connectivity index (χ1v) is 8.55. The Morgan fingerprint density at radius 2 is 1.91 bits per heavy atom. The lowest BCUT2D eigenvalue weighted by Gasteiger charge is -2.37. The number of halogens is 3. The van der Waals surface area contributed by atoms with E-state index in [1.807, 2.05) is 4.90 Å². The summed E-state index contributed by atoms with van der Waals surface area (Å²) in [5.74, 6) is -0.932. The maximum atomic E-state index is 12.5. The molecule has 1 atom stereocenters. The van der Waals surface area contributed by atoms with E-state index < -0.39 is 23.0 Å². The average molecular weight is 335 g/mol. The van der Waals surface area contributed by atoms with Gasteiger partial charge in [0.2, 0.25) is 17.1 Å². The molecule has 0 aromatic heterocycles. The fraction of sp³-hybridized carbons (Fsp3) is 0.500. The lowest BCUT2D eigenvalue weighted by atomic mass is 10.2. The van der Waals surface area contributed by atoms with E-state index in [1.165, 1.54) is 6.07 Å². The van der Waals surface area contributed by atoms with E-state index in [1.54, 1.807) is 30.0 Å². The molecule has 124 valence electrons. The van der Waals surface area contributed by atoms with Crippen LogP contribution in [-0.4, -0.2) is 43.0 Å². The number of rotatable bonds is 4. The highest BCUT2D eigenvalue weighted by Crippen LogP contribution is 2.56. The number of piperazine rings is 1. The van der Waals surface area contributed by atoms with E-state index in [0.717, 1.165) is 5.69 Å². The van der Waals surface area contributed by atoms with Gasteiger partial charge < -0.3 is 15.5 Å². The van der Waals surface area contributed by atoms with Gasteiger partial charge in [0, 0.05) is 31.9 Å². The molecule has 22 heavy (non-hydrogen) atoms. The average Bonchev–Trinajstić information content (AvgIpc) is 2.45. The molecule has 0 aliphatic carbocycles. The lowest BCUT2D eigenvalue weighted by Crippen LogP contribution is -2.52. The number of hydrogen-bond acceptors (Lipinski definition) is 3. The summed E-state index contributed by atoms with van der Waals surface area (Å²) in [5, 5.41) is 0. The van der Waals surface area contributed by atoms with E-state index in [9.17, 15) is 16.5 Å². The number of amides is 1. The minimum absolute atomic E-state index is 0.0888. The highest BCUT2D eigenvalue weighted by Gasteiger charge is 2.24. The van der Waals surface area contributed by atoms with Crippen molar-refractivity contribution in [3.63, 3.8) is 0 Å². The molecule has 4 nitrogen and oxygen atoms in total. The van der Waals surface area contributed by atoms with E-state index in [2.05, 4.69) is 0 Å². The molecule has 2 N–H and O–H groups in total. The van der Waals surface area contributed by atoms with Crippen LogP contribution in [0.15, 0.2) is 24.3 Å². The highest BCUT2D eigenvalue weighted by molar-refractivity contribution is 8.20. The zero-order valence-corrected chi connectivity index (χ0v) is 13.2. The van der Waals surface area contributed by atoms with Crippen molar-refractivity contribution in [1.29, 1.82) is 0 Å². The Labute approximate surface area is 130 Å². The Bertz CT molecular complexity index is 528. The van der Waals surface area contributed by atoms with Gasteiger partial charge in [-0.05, 0) is 24.6 Å². The molecule has 1 aliphatic rings. The van der Waals surface area contributed by atoms with Gasteiger partial charge in [-0.25, -0.2) is 0 Å². The molecule has 0 radical (unpaired) electrons. The SMILES string of the molecule is CC(N)C(=O)N1CCN(c2cccc(CS(F)(F)F)c2)CC1. The van der Waals surface area contributed by atoms with Gasteiger partial charge >= 0.3 is 0 Å². The largest absolute Gasteiger partial charge is 0.368 e. The summed E-state index contributed by atoms with van der Waals surface area (Å²) < 4.78 is 37.6. The first kappa shape index (κ1) is 17.0. The van der Waals surface area contributed by atoms with E-state index in [0.29, 0.717) is 26.2 Å². The van der Waals surface area contributed by atoms with E-state index in [4.69, 9.17) is 5.73 Å². The topological polar surface area (TPSA) is 49.6 Å². The molecule has 1 amide bonds. The summed E-state index contributed by atoms with van der Waals surface area (Å²) in [6, 6.07) is 6.02. The molecule has 8 heteroatoms. The number of carbonyl (C=O) groups excluding carboxylic acids is 1. The summed E-state index contributed by atoms with van der Waals surface area (Å²) >= 11 is -5.04. The molecule has 1 aromatic carbocycles. The van der Waals surface area contributed by atoms with Crippen LogP contribution < -0.4 is 10.6 Å². The molecule has 1 aromatic rings. The van der Waals surface area contributed by atoms with Crippen LogP contribution in [0.5, 0.6) is 0 Å². The van der Waals surface area contributed by atoms with Gasteiger partial charge in [-0.2, -0.15) is 0 Å². The van der Waals surface area contributed by atoms with Gasteiger partial charge in [0.25, 0.3) is 0 Å². The molecule has 0 saturated carbocycles. The molecule has 1 fully saturated rings. The van der Waals surface area contributed by atoms with Crippen molar-refractivity contribution in [1.82, 2.24) is 4.90 Å². The number of nitrogens with two attached hydrogens (primary N) is 1. The lowest BCUT2D eigenvalue weighted by molar-refractivity contribution is -0.132. The Kier molecular flexibility index (Phi) is 5.23. The van der Waals surface area contributed by atoms with Crippen molar-refractivity contribution < 1.29 is 16.5 Å². The number of nitrogens with zero attached hydrogens (tertiary/aromatic N) is 2. The fourth-order valence-electron chi connectivity index (χ4n) is 2.50. The van der Waals surface area contributed by atoms with Crippen LogP contribution in [0.3, 0.4) is 0 Å². The second kappa shape index (κ2) is 6.78.